The fourth-order valence-corrected chi connectivity index (χ4v) is 3.84. The fraction of sp³-hybridized carbons (Fsp3) is 0.167. The molecule has 0 atom stereocenters. The van der Waals surface area contributed by atoms with Crippen molar-refractivity contribution in [3.05, 3.63) is 89.1 Å². The molecule has 0 saturated heterocycles. The first-order valence-electron chi connectivity index (χ1n) is 8.88. The van der Waals surface area contributed by atoms with Crippen LogP contribution in [0.1, 0.15) is 37.5 Å². The van der Waals surface area contributed by atoms with Crippen LogP contribution in [-0.4, -0.2) is 4.98 Å². The molecule has 1 heterocycles. The molecule has 1 aliphatic carbocycles. The summed E-state index contributed by atoms with van der Waals surface area (Å²) in [5.41, 5.74) is 12.1. The second kappa shape index (κ2) is 6.25. The van der Waals surface area contributed by atoms with Crippen LogP contribution < -0.4 is 0 Å². The van der Waals surface area contributed by atoms with Crippen LogP contribution in [0.25, 0.3) is 28.0 Å². The van der Waals surface area contributed by atoms with Gasteiger partial charge in [-0.1, -0.05) is 54.1 Å². The third kappa shape index (κ3) is 2.66. The molecular weight excluding hydrogens is 302 g/mol. The number of hydrogen-bond donors (Lipinski definition) is 1. The highest BCUT2D eigenvalue weighted by Crippen LogP contribution is 2.44. The molecule has 1 aromatic heterocycles. The minimum Gasteiger partial charge on any atom is -0.361 e. The Labute approximate surface area is 149 Å². The quantitative estimate of drug-likeness (QED) is 0.407. The van der Waals surface area contributed by atoms with E-state index in [1.165, 1.54) is 50.2 Å². The third-order valence-electron chi connectivity index (χ3n) is 5.18. The summed E-state index contributed by atoms with van der Waals surface area (Å²) in [4.78, 5) is 3.43. The fourth-order valence-electron chi connectivity index (χ4n) is 3.84. The number of aromatic amines is 1. The zero-order valence-corrected chi connectivity index (χ0v) is 15.1. The highest BCUT2D eigenvalue weighted by molar-refractivity contribution is 5.90. The minimum atomic E-state index is 1.00. The average Bonchev–Trinajstić information content (AvgIpc) is 3.28. The van der Waals surface area contributed by atoms with Crippen molar-refractivity contribution in [2.75, 3.05) is 0 Å². The summed E-state index contributed by atoms with van der Waals surface area (Å²) >= 11 is 0. The van der Waals surface area contributed by atoms with E-state index in [0.717, 1.165) is 6.42 Å². The van der Waals surface area contributed by atoms with Crippen molar-refractivity contribution in [1.29, 1.82) is 0 Å². The Balaban J connectivity index is 1.96. The monoisotopic (exact) mass is 325 g/mol. The lowest BCUT2D eigenvalue weighted by molar-refractivity contribution is 1.24. The SMILES string of the molecule is CC=C(C)C=C(C)c1ccc2c(c1-c1ccc[nH]1)Cc1ccccc1-2. The topological polar surface area (TPSA) is 15.8 Å². The van der Waals surface area contributed by atoms with Crippen LogP contribution in [0.4, 0.5) is 0 Å². The standard InChI is InChI=1S/C24H23N/c1-4-16(2)14-17(3)19-11-12-21-20-9-6-5-8-18(20)15-22(21)24(19)23-10-7-13-25-23/h4-14,25H,15H2,1-3H3. The third-order valence-corrected chi connectivity index (χ3v) is 5.18. The van der Waals surface area contributed by atoms with Gasteiger partial charge in [0.2, 0.25) is 0 Å². The average molecular weight is 325 g/mol. The predicted octanol–water partition coefficient (Wildman–Crippen LogP) is 6.62. The van der Waals surface area contributed by atoms with Crippen LogP contribution >= 0.6 is 0 Å². The van der Waals surface area contributed by atoms with Crippen LogP contribution in [0, 0.1) is 0 Å². The summed E-state index contributed by atoms with van der Waals surface area (Å²) < 4.78 is 0. The van der Waals surface area contributed by atoms with Crippen LogP contribution in [0.15, 0.2) is 72.5 Å². The van der Waals surface area contributed by atoms with Crippen molar-refractivity contribution in [1.82, 2.24) is 4.98 Å². The number of fused-ring (bicyclic) bond motifs is 3. The lowest BCUT2D eigenvalue weighted by Crippen LogP contribution is -1.95. The van der Waals surface area contributed by atoms with E-state index in [9.17, 15) is 0 Å². The molecule has 2 aromatic carbocycles. The van der Waals surface area contributed by atoms with Gasteiger partial charge in [-0.15, -0.1) is 0 Å². The van der Waals surface area contributed by atoms with E-state index >= 15 is 0 Å². The van der Waals surface area contributed by atoms with Crippen LogP contribution in [0.2, 0.25) is 0 Å². The zero-order valence-electron chi connectivity index (χ0n) is 15.1. The number of aromatic nitrogens is 1. The number of hydrogen-bond acceptors (Lipinski definition) is 0. The van der Waals surface area contributed by atoms with E-state index in [1.54, 1.807) is 0 Å². The Morgan fingerprint density at radius 3 is 2.56 bits per heavy atom. The lowest BCUT2D eigenvalue weighted by Gasteiger charge is -2.15. The summed E-state index contributed by atoms with van der Waals surface area (Å²) in [6.45, 7) is 6.45. The molecule has 0 amide bonds. The van der Waals surface area contributed by atoms with Crippen molar-refractivity contribution in [2.24, 2.45) is 0 Å². The van der Waals surface area contributed by atoms with E-state index in [2.05, 4.69) is 86.4 Å². The van der Waals surface area contributed by atoms with E-state index in [0.29, 0.717) is 0 Å². The molecule has 0 fully saturated rings. The molecule has 124 valence electrons. The van der Waals surface area contributed by atoms with Crippen molar-refractivity contribution in [3.8, 4) is 22.4 Å². The molecule has 1 nitrogen and oxygen atoms in total. The Bertz CT molecular complexity index is 985. The van der Waals surface area contributed by atoms with Crippen LogP contribution in [-0.2, 0) is 6.42 Å². The molecule has 1 N–H and O–H groups in total. The molecule has 25 heavy (non-hydrogen) atoms. The van der Waals surface area contributed by atoms with Gasteiger partial charge < -0.3 is 4.98 Å². The Kier molecular flexibility index (Phi) is 3.93. The Hall–Kier alpha value is -2.80. The summed E-state index contributed by atoms with van der Waals surface area (Å²) in [7, 11) is 0. The van der Waals surface area contributed by atoms with Crippen molar-refractivity contribution < 1.29 is 0 Å². The van der Waals surface area contributed by atoms with Gasteiger partial charge in [-0.3, -0.25) is 0 Å². The Morgan fingerprint density at radius 1 is 0.960 bits per heavy atom. The molecule has 0 unspecified atom stereocenters. The number of allylic oxidation sites excluding steroid dienone is 4. The maximum Gasteiger partial charge on any atom is 0.0463 e. The van der Waals surface area contributed by atoms with Gasteiger partial charge in [-0.05, 0) is 72.7 Å². The highest BCUT2D eigenvalue weighted by Gasteiger charge is 2.24. The second-order valence-corrected chi connectivity index (χ2v) is 6.79. The lowest BCUT2D eigenvalue weighted by atomic mass is 9.90. The molecule has 0 bridgehead atoms. The first kappa shape index (κ1) is 15.7. The largest absolute Gasteiger partial charge is 0.361 e. The van der Waals surface area contributed by atoms with Gasteiger partial charge in [0.25, 0.3) is 0 Å². The van der Waals surface area contributed by atoms with Gasteiger partial charge in [-0.25, -0.2) is 0 Å². The molecule has 3 aromatic rings. The molecule has 0 aliphatic heterocycles. The van der Waals surface area contributed by atoms with Gasteiger partial charge in [0.15, 0.2) is 0 Å². The number of nitrogens with one attached hydrogen (secondary N) is 1. The van der Waals surface area contributed by atoms with E-state index in [-0.39, 0.29) is 0 Å². The first-order valence-corrected chi connectivity index (χ1v) is 8.88. The summed E-state index contributed by atoms with van der Waals surface area (Å²) in [6.07, 6.45) is 7.44. The van der Waals surface area contributed by atoms with E-state index in [4.69, 9.17) is 0 Å². The highest BCUT2D eigenvalue weighted by atomic mass is 14.7. The number of benzene rings is 2. The summed E-state index contributed by atoms with van der Waals surface area (Å²) in [5, 5.41) is 0. The molecule has 1 aliphatic rings. The number of rotatable bonds is 3. The maximum atomic E-state index is 3.43. The van der Waals surface area contributed by atoms with Gasteiger partial charge >= 0.3 is 0 Å². The molecule has 0 saturated carbocycles. The maximum absolute atomic E-state index is 3.43. The van der Waals surface area contributed by atoms with Gasteiger partial charge in [-0.2, -0.15) is 0 Å². The molecule has 0 radical (unpaired) electrons. The first-order chi connectivity index (χ1) is 12.2. The molecule has 1 heteroatoms. The molecule has 4 rings (SSSR count). The van der Waals surface area contributed by atoms with E-state index in [1.807, 2.05) is 6.20 Å². The summed E-state index contributed by atoms with van der Waals surface area (Å²) in [6, 6.07) is 17.6. The van der Waals surface area contributed by atoms with Gasteiger partial charge in [0.1, 0.15) is 0 Å². The van der Waals surface area contributed by atoms with Crippen molar-refractivity contribution in [2.45, 2.75) is 27.2 Å². The van der Waals surface area contributed by atoms with Gasteiger partial charge in [0.05, 0.1) is 0 Å². The predicted molar refractivity (Wildman–Crippen MR) is 108 cm³/mol. The minimum absolute atomic E-state index is 1.00. The smallest absolute Gasteiger partial charge is 0.0463 e. The van der Waals surface area contributed by atoms with Crippen LogP contribution in [0.3, 0.4) is 0 Å². The van der Waals surface area contributed by atoms with E-state index < -0.39 is 0 Å². The number of H-pyrrole nitrogens is 1. The molecule has 0 spiro atoms. The molecular formula is C24H23N. The van der Waals surface area contributed by atoms with Crippen LogP contribution in [0.5, 0.6) is 0 Å². The second-order valence-electron chi connectivity index (χ2n) is 6.79. The van der Waals surface area contributed by atoms with Crippen molar-refractivity contribution >= 4 is 5.57 Å². The zero-order chi connectivity index (χ0) is 17.4. The Morgan fingerprint density at radius 2 is 1.80 bits per heavy atom. The van der Waals surface area contributed by atoms with Gasteiger partial charge in [0, 0.05) is 17.5 Å². The summed E-state index contributed by atoms with van der Waals surface area (Å²) in [5.74, 6) is 0. The van der Waals surface area contributed by atoms with Crippen molar-refractivity contribution in [3.63, 3.8) is 0 Å². The normalized spacial score (nSPS) is 13.7.